The van der Waals surface area contributed by atoms with Crippen LogP contribution in [0.15, 0.2) is 76.2 Å². The molecule has 5 rings (SSSR count). The third-order valence-electron chi connectivity index (χ3n) is 7.27. The molecule has 8 nitrogen and oxygen atoms in total. The summed E-state index contributed by atoms with van der Waals surface area (Å²) in [6.07, 6.45) is 0.347. The molecule has 2 atom stereocenters. The Balaban J connectivity index is 1.74. The van der Waals surface area contributed by atoms with Gasteiger partial charge in [-0.05, 0) is 68.3 Å². The molecule has 3 aromatic carbocycles. The summed E-state index contributed by atoms with van der Waals surface area (Å²) in [5, 5.41) is 3.32. The number of nitrogens with one attached hydrogen (secondary N) is 1. The van der Waals surface area contributed by atoms with E-state index in [0.29, 0.717) is 47.2 Å². The van der Waals surface area contributed by atoms with Crippen LogP contribution in [-0.2, 0) is 4.79 Å². The molecule has 1 N–H and O–H groups in total. The van der Waals surface area contributed by atoms with Crippen molar-refractivity contribution >= 4 is 51.1 Å². The van der Waals surface area contributed by atoms with E-state index in [1.807, 2.05) is 70.2 Å². The van der Waals surface area contributed by atoms with Gasteiger partial charge in [0.1, 0.15) is 29.8 Å². The first kappa shape index (κ1) is 30.8. The molecule has 2 aliphatic heterocycles. The SMILES string of the molecule is CCC(=O)c1ccc(C2=NC(c3ccc(Br)cc3)C(c3cccc(Cl)c3)N2C(=O)N2CCNC(=O)C2)c(OC(C)(C)C)c1. The van der Waals surface area contributed by atoms with Gasteiger partial charge in [-0.25, -0.2) is 4.79 Å². The number of ketones is 1. The van der Waals surface area contributed by atoms with Crippen molar-refractivity contribution in [1.82, 2.24) is 15.1 Å². The maximum Gasteiger partial charge on any atom is 0.326 e. The highest BCUT2D eigenvalue weighted by Crippen LogP contribution is 2.46. The van der Waals surface area contributed by atoms with Crippen LogP contribution in [0.5, 0.6) is 5.75 Å². The molecule has 1 fully saturated rings. The van der Waals surface area contributed by atoms with Crippen molar-refractivity contribution in [3.63, 3.8) is 0 Å². The second-order valence-corrected chi connectivity index (χ2v) is 12.9. The molecule has 2 heterocycles. The van der Waals surface area contributed by atoms with E-state index in [4.69, 9.17) is 21.3 Å². The van der Waals surface area contributed by atoms with Gasteiger partial charge in [-0.1, -0.05) is 64.8 Å². The second kappa shape index (κ2) is 12.5. The van der Waals surface area contributed by atoms with Crippen LogP contribution >= 0.6 is 27.5 Å². The van der Waals surface area contributed by atoms with Gasteiger partial charge in [-0.2, -0.15) is 0 Å². The molecule has 2 unspecified atom stereocenters. The molecule has 2 aliphatic rings. The standard InChI is InChI=1S/C33H34BrClN4O4/c1-5-26(40)21-11-14-25(27(18-21)43-33(2,3)4)31-37-29(20-9-12-23(34)13-10-20)30(22-7-6-8-24(35)17-22)39(31)32(42)38-16-15-36-28(41)19-38/h6-14,17-18,29-30H,5,15-16,19H2,1-4H3,(H,36,41). The van der Waals surface area contributed by atoms with Crippen molar-refractivity contribution in [2.75, 3.05) is 19.6 Å². The molecule has 10 heteroatoms. The van der Waals surface area contributed by atoms with Gasteiger partial charge in [-0.3, -0.25) is 19.5 Å². The summed E-state index contributed by atoms with van der Waals surface area (Å²) in [7, 11) is 0. The third kappa shape index (κ3) is 6.78. The highest BCUT2D eigenvalue weighted by Gasteiger charge is 2.45. The number of hydrogen-bond donors (Lipinski definition) is 1. The number of nitrogens with zero attached hydrogens (tertiary/aromatic N) is 3. The van der Waals surface area contributed by atoms with Crippen molar-refractivity contribution in [3.05, 3.63) is 98.5 Å². The van der Waals surface area contributed by atoms with Crippen molar-refractivity contribution in [2.24, 2.45) is 4.99 Å². The Bertz CT molecular complexity index is 1580. The number of urea groups is 1. The zero-order valence-electron chi connectivity index (χ0n) is 24.6. The average Bonchev–Trinajstić information content (AvgIpc) is 3.36. The quantitative estimate of drug-likeness (QED) is 0.288. The number of amidine groups is 1. The van der Waals surface area contributed by atoms with E-state index in [-0.39, 0.29) is 24.3 Å². The molecule has 0 aromatic heterocycles. The van der Waals surface area contributed by atoms with Crippen molar-refractivity contribution in [3.8, 4) is 5.75 Å². The number of carbonyl (C=O) groups is 3. The van der Waals surface area contributed by atoms with Gasteiger partial charge in [0.05, 0.1) is 11.6 Å². The molecule has 0 spiro atoms. The van der Waals surface area contributed by atoms with E-state index < -0.39 is 17.7 Å². The third-order valence-corrected chi connectivity index (χ3v) is 8.03. The highest BCUT2D eigenvalue weighted by atomic mass is 79.9. The zero-order chi connectivity index (χ0) is 30.9. The van der Waals surface area contributed by atoms with E-state index >= 15 is 0 Å². The van der Waals surface area contributed by atoms with Crippen molar-refractivity contribution in [1.29, 1.82) is 0 Å². The summed E-state index contributed by atoms with van der Waals surface area (Å²) in [6.45, 7) is 8.24. The molecule has 0 bridgehead atoms. The van der Waals surface area contributed by atoms with Crippen LogP contribution in [-0.4, -0.2) is 58.6 Å². The number of Topliss-reactive ketones (excluding diaryl/α,β-unsaturated/α-hetero) is 1. The number of amides is 3. The molecule has 0 saturated carbocycles. The van der Waals surface area contributed by atoms with Crippen molar-refractivity contribution in [2.45, 2.75) is 51.8 Å². The molecule has 3 amide bonds. The van der Waals surface area contributed by atoms with E-state index in [1.54, 1.807) is 29.2 Å². The Labute approximate surface area is 265 Å². The number of piperazine rings is 1. The fourth-order valence-electron chi connectivity index (χ4n) is 5.34. The minimum absolute atomic E-state index is 0.0181. The minimum atomic E-state index is -0.598. The van der Waals surface area contributed by atoms with Crippen LogP contribution in [0.3, 0.4) is 0 Å². The molecule has 224 valence electrons. The summed E-state index contributed by atoms with van der Waals surface area (Å²) < 4.78 is 7.33. The molecule has 0 aliphatic carbocycles. The number of benzene rings is 3. The first-order chi connectivity index (χ1) is 20.4. The van der Waals surface area contributed by atoms with E-state index in [1.165, 1.54) is 4.90 Å². The normalized spacial score (nSPS) is 18.7. The molecule has 43 heavy (non-hydrogen) atoms. The number of hydrogen-bond acceptors (Lipinski definition) is 5. The fourth-order valence-corrected chi connectivity index (χ4v) is 5.80. The van der Waals surface area contributed by atoms with Crippen LogP contribution < -0.4 is 10.1 Å². The summed E-state index contributed by atoms with van der Waals surface area (Å²) in [6, 6.07) is 19.1. The van der Waals surface area contributed by atoms with Gasteiger partial charge >= 0.3 is 6.03 Å². The maximum atomic E-state index is 14.5. The molecular weight excluding hydrogens is 632 g/mol. The van der Waals surface area contributed by atoms with Crippen LogP contribution in [0.1, 0.15) is 73.2 Å². The maximum absolute atomic E-state index is 14.5. The van der Waals surface area contributed by atoms with E-state index in [0.717, 1.165) is 15.6 Å². The van der Waals surface area contributed by atoms with Gasteiger partial charge in [-0.15, -0.1) is 0 Å². The molecule has 3 aromatic rings. The molecule has 1 saturated heterocycles. The fraction of sp³-hybridized carbons (Fsp3) is 0.333. The van der Waals surface area contributed by atoms with Gasteiger partial charge in [0.15, 0.2) is 5.78 Å². The number of rotatable bonds is 6. The Hall–Kier alpha value is -3.69. The lowest BCUT2D eigenvalue weighted by Crippen LogP contribution is -2.55. The Morgan fingerprint density at radius 1 is 1.07 bits per heavy atom. The van der Waals surface area contributed by atoms with Gasteiger partial charge in [0, 0.05) is 34.6 Å². The van der Waals surface area contributed by atoms with Gasteiger partial charge in [0.2, 0.25) is 5.91 Å². The first-order valence-electron chi connectivity index (χ1n) is 14.3. The predicted molar refractivity (Wildman–Crippen MR) is 171 cm³/mol. The largest absolute Gasteiger partial charge is 0.487 e. The Kier molecular flexibility index (Phi) is 8.94. The lowest BCUT2D eigenvalue weighted by atomic mass is 9.93. The lowest BCUT2D eigenvalue weighted by molar-refractivity contribution is -0.123. The topological polar surface area (TPSA) is 91.3 Å². The summed E-state index contributed by atoms with van der Waals surface area (Å²) in [4.78, 5) is 48.0. The van der Waals surface area contributed by atoms with Gasteiger partial charge < -0.3 is 15.0 Å². The zero-order valence-corrected chi connectivity index (χ0v) is 26.9. The molecular formula is C33H34BrClN4O4. The van der Waals surface area contributed by atoms with E-state index in [2.05, 4.69) is 21.2 Å². The Morgan fingerprint density at radius 2 is 1.81 bits per heavy atom. The monoisotopic (exact) mass is 664 g/mol. The highest BCUT2D eigenvalue weighted by molar-refractivity contribution is 9.10. The van der Waals surface area contributed by atoms with Crippen LogP contribution in [0.25, 0.3) is 0 Å². The number of aliphatic imine (C=N–C) groups is 1. The average molecular weight is 666 g/mol. The van der Waals surface area contributed by atoms with Crippen LogP contribution in [0.4, 0.5) is 4.79 Å². The van der Waals surface area contributed by atoms with Crippen molar-refractivity contribution < 1.29 is 19.1 Å². The van der Waals surface area contributed by atoms with Crippen LogP contribution in [0, 0.1) is 0 Å². The number of ether oxygens (including phenoxy) is 1. The smallest absolute Gasteiger partial charge is 0.326 e. The number of carbonyl (C=O) groups excluding carboxylic acids is 3. The summed E-state index contributed by atoms with van der Waals surface area (Å²) >= 11 is 10.0. The van der Waals surface area contributed by atoms with Gasteiger partial charge in [0.25, 0.3) is 0 Å². The predicted octanol–water partition coefficient (Wildman–Crippen LogP) is 6.97. The van der Waals surface area contributed by atoms with E-state index in [9.17, 15) is 14.4 Å². The number of halogens is 2. The minimum Gasteiger partial charge on any atom is -0.487 e. The summed E-state index contributed by atoms with van der Waals surface area (Å²) in [5.74, 6) is 0.598. The lowest BCUT2D eigenvalue weighted by Gasteiger charge is -2.36. The molecule has 0 radical (unpaired) electrons. The summed E-state index contributed by atoms with van der Waals surface area (Å²) in [5.41, 5.74) is 2.19. The van der Waals surface area contributed by atoms with Crippen LogP contribution in [0.2, 0.25) is 5.02 Å². The first-order valence-corrected chi connectivity index (χ1v) is 15.4. The second-order valence-electron chi connectivity index (χ2n) is 11.6. The Morgan fingerprint density at radius 3 is 2.47 bits per heavy atom.